The molecule has 2 N–H and O–H groups in total. The van der Waals surface area contributed by atoms with Crippen LogP contribution in [0.5, 0.6) is 0 Å². The van der Waals surface area contributed by atoms with Crippen molar-refractivity contribution in [3.8, 4) is 11.3 Å². The van der Waals surface area contributed by atoms with Gasteiger partial charge in [0.25, 0.3) is 0 Å². The number of pyridine rings is 1. The predicted octanol–water partition coefficient (Wildman–Crippen LogP) is 2.58. The molecule has 9 nitrogen and oxygen atoms in total. The van der Waals surface area contributed by atoms with E-state index in [1.807, 2.05) is 12.1 Å². The first-order valence-electron chi connectivity index (χ1n) is 12.3. The summed E-state index contributed by atoms with van der Waals surface area (Å²) in [6, 6.07) is 12.5. The summed E-state index contributed by atoms with van der Waals surface area (Å²) in [5, 5.41) is 0. The number of nitrogen functional groups attached to an aromatic ring is 1. The van der Waals surface area contributed by atoms with Crippen LogP contribution in [0, 0.1) is 0 Å². The van der Waals surface area contributed by atoms with E-state index >= 15 is 0 Å². The molecule has 1 aromatic carbocycles. The number of nitrogens with zero attached hydrogens (tertiary/aromatic N) is 6. The largest absolute Gasteiger partial charge is 0.378 e. The van der Waals surface area contributed by atoms with Crippen molar-refractivity contribution in [2.45, 2.75) is 6.42 Å². The van der Waals surface area contributed by atoms with Gasteiger partial charge in [-0.2, -0.15) is 0 Å². The second-order valence-corrected chi connectivity index (χ2v) is 8.99. The lowest BCUT2D eigenvalue weighted by Gasteiger charge is -2.38. The maximum Gasteiger partial charge on any atom is 0.219 e. The molecule has 2 saturated heterocycles. The molecule has 2 aromatic heterocycles. The van der Waals surface area contributed by atoms with Crippen LogP contribution in [0.25, 0.3) is 11.3 Å². The normalized spacial score (nSPS) is 16.2. The number of nitrogens with two attached hydrogens (primary N) is 1. The monoisotopic (exact) mass is 485 g/mol. The second-order valence-electron chi connectivity index (χ2n) is 8.99. The van der Waals surface area contributed by atoms with Crippen molar-refractivity contribution in [2.75, 3.05) is 72.9 Å². The highest BCUT2D eigenvalue weighted by Crippen LogP contribution is 2.29. The van der Waals surface area contributed by atoms with Crippen molar-refractivity contribution < 1.29 is 9.53 Å². The SMILES string of the molecule is C=CC(=O)Cc1cccc(N2CCN(c3cc(-c4cnc(N)nc4)nc(N4CCOCC4)c3)CC2)c1. The Kier molecular flexibility index (Phi) is 7.08. The zero-order valence-electron chi connectivity index (χ0n) is 20.3. The van der Waals surface area contributed by atoms with Gasteiger partial charge in [-0.1, -0.05) is 18.7 Å². The van der Waals surface area contributed by atoms with Gasteiger partial charge >= 0.3 is 0 Å². The summed E-state index contributed by atoms with van der Waals surface area (Å²) < 4.78 is 5.54. The van der Waals surface area contributed by atoms with Crippen molar-refractivity contribution in [2.24, 2.45) is 0 Å². The number of hydrogen-bond acceptors (Lipinski definition) is 9. The van der Waals surface area contributed by atoms with Gasteiger partial charge in [-0.3, -0.25) is 4.79 Å². The number of anilines is 4. The lowest BCUT2D eigenvalue weighted by atomic mass is 10.1. The third kappa shape index (κ3) is 5.46. The summed E-state index contributed by atoms with van der Waals surface area (Å²) in [7, 11) is 0. The van der Waals surface area contributed by atoms with Gasteiger partial charge in [-0.05, 0) is 29.8 Å². The van der Waals surface area contributed by atoms with Crippen molar-refractivity contribution in [3.05, 3.63) is 67.0 Å². The lowest BCUT2D eigenvalue weighted by Crippen LogP contribution is -2.46. The molecular weight excluding hydrogens is 454 g/mol. The van der Waals surface area contributed by atoms with E-state index in [1.54, 1.807) is 12.4 Å². The zero-order valence-corrected chi connectivity index (χ0v) is 20.3. The molecule has 0 radical (unpaired) electrons. The van der Waals surface area contributed by atoms with Crippen LogP contribution < -0.4 is 20.4 Å². The summed E-state index contributed by atoms with van der Waals surface area (Å²) >= 11 is 0. The van der Waals surface area contributed by atoms with E-state index in [2.05, 4.69) is 55.5 Å². The number of ketones is 1. The number of aromatic nitrogens is 3. The molecule has 0 bridgehead atoms. The van der Waals surface area contributed by atoms with Gasteiger partial charge in [-0.15, -0.1) is 0 Å². The summed E-state index contributed by atoms with van der Waals surface area (Å²) in [4.78, 5) is 32.1. The fourth-order valence-electron chi connectivity index (χ4n) is 4.62. The Hall–Kier alpha value is -3.98. The first-order chi connectivity index (χ1) is 17.6. The highest BCUT2D eigenvalue weighted by atomic mass is 16.5. The van der Waals surface area contributed by atoms with E-state index in [-0.39, 0.29) is 11.7 Å². The highest BCUT2D eigenvalue weighted by molar-refractivity contribution is 5.91. The topological polar surface area (TPSA) is 101 Å². The number of ether oxygens (including phenoxy) is 1. The first-order valence-corrected chi connectivity index (χ1v) is 12.3. The predicted molar refractivity (Wildman–Crippen MR) is 142 cm³/mol. The zero-order chi connectivity index (χ0) is 24.9. The van der Waals surface area contributed by atoms with Gasteiger partial charge in [-0.25, -0.2) is 15.0 Å². The van der Waals surface area contributed by atoms with Gasteiger partial charge < -0.3 is 25.2 Å². The van der Waals surface area contributed by atoms with Gasteiger partial charge in [0.1, 0.15) is 5.82 Å². The standard InChI is InChI=1S/C27H31N7O2/c1-2-24(35)15-20-4-3-5-22(14-20)32-6-8-33(9-7-32)23-16-25(21-18-29-27(28)30-19-21)31-26(17-23)34-10-12-36-13-11-34/h2-5,14,16-19H,1,6-13,15H2,(H2,28,29,30). The van der Waals surface area contributed by atoms with Gasteiger partial charge in [0, 0.05) is 81.1 Å². The van der Waals surface area contributed by atoms with E-state index in [9.17, 15) is 4.79 Å². The lowest BCUT2D eigenvalue weighted by molar-refractivity contribution is -0.114. The van der Waals surface area contributed by atoms with Crippen LogP contribution in [-0.4, -0.2) is 73.2 Å². The van der Waals surface area contributed by atoms with Crippen molar-refractivity contribution in [1.29, 1.82) is 0 Å². The number of carbonyl (C=O) groups excluding carboxylic acids is 1. The molecule has 4 heterocycles. The number of carbonyl (C=O) groups is 1. The van der Waals surface area contributed by atoms with Crippen LogP contribution in [0.3, 0.4) is 0 Å². The fraction of sp³-hybridized carbons (Fsp3) is 0.333. The fourth-order valence-corrected chi connectivity index (χ4v) is 4.62. The van der Waals surface area contributed by atoms with Gasteiger partial charge in [0.2, 0.25) is 5.95 Å². The Morgan fingerprint density at radius 3 is 2.33 bits per heavy atom. The molecule has 0 atom stereocenters. The van der Waals surface area contributed by atoms with E-state index < -0.39 is 0 Å². The number of morpholine rings is 1. The summed E-state index contributed by atoms with van der Waals surface area (Å²) in [5.41, 5.74) is 10.7. The maximum absolute atomic E-state index is 11.8. The average Bonchev–Trinajstić information content (AvgIpc) is 2.94. The Labute approximate surface area is 211 Å². The molecule has 0 amide bonds. The molecule has 186 valence electrons. The maximum atomic E-state index is 11.8. The van der Waals surface area contributed by atoms with Crippen LogP contribution >= 0.6 is 0 Å². The minimum absolute atomic E-state index is 0.0352. The third-order valence-electron chi connectivity index (χ3n) is 6.63. The quantitative estimate of drug-likeness (QED) is 0.506. The molecular formula is C27H31N7O2. The molecule has 0 unspecified atom stereocenters. The molecule has 0 spiro atoms. The van der Waals surface area contributed by atoms with Gasteiger partial charge in [0.15, 0.2) is 5.78 Å². The average molecular weight is 486 g/mol. The molecule has 9 heteroatoms. The van der Waals surface area contributed by atoms with E-state index in [1.165, 1.54) is 6.08 Å². The van der Waals surface area contributed by atoms with E-state index in [0.717, 1.165) is 73.3 Å². The van der Waals surface area contributed by atoms with E-state index in [0.29, 0.717) is 19.6 Å². The van der Waals surface area contributed by atoms with Crippen molar-refractivity contribution >= 4 is 28.9 Å². The molecule has 2 aliphatic rings. The third-order valence-corrected chi connectivity index (χ3v) is 6.63. The Balaban J connectivity index is 1.35. The molecule has 0 saturated carbocycles. The van der Waals surface area contributed by atoms with Crippen molar-refractivity contribution in [1.82, 2.24) is 15.0 Å². The number of rotatable bonds is 7. The Morgan fingerprint density at radius 2 is 1.64 bits per heavy atom. The number of hydrogen-bond donors (Lipinski definition) is 1. The summed E-state index contributed by atoms with van der Waals surface area (Å²) in [5.74, 6) is 1.22. The van der Waals surface area contributed by atoms with Crippen molar-refractivity contribution in [3.63, 3.8) is 0 Å². The van der Waals surface area contributed by atoms with Crippen LogP contribution in [0.4, 0.5) is 23.1 Å². The smallest absolute Gasteiger partial charge is 0.219 e. The van der Waals surface area contributed by atoms with Crippen LogP contribution in [-0.2, 0) is 16.0 Å². The first kappa shape index (κ1) is 23.7. The number of piperazine rings is 1. The molecule has 2 aliphatic heterocycles. The Morgan fingerprint density at radius 1 is 0.944 bits per heavy atom. The molecule has 5 rings (SSSR count). The second kappa shape index (κ2) is 10.7. The Bertz CT molecular complexity index is 1220. The van der Waals surface area contributed by atoms with Crippen LogP contribution in [0.1, 0.15) is 5.56 Å². The summed E-state index contributed by atoms with van der Waals surface area (Å²) in [6.07, 6.45) is 5.21. The molecule has 2 fully saturated rings. The number of allylic oxidation sites excluding steroid dienone is 1. The molecule has 36 heavy (non-hydrogen) atoms. The van der Waals surface area contributed by atoms with Crippen LogP contribution in [0.15, 0.2) is 61.4 Å². The minimum Gasteiger partial charge on any atom is -0.378 e. The molecule has 3 aromatic rings. The number of benzene rings is 1. The summed E-state index contributed by atoms with van der Waals surface area (Å²) in [6.45, 7) is 10.1. The van der Waals surface area contributed by atoms with E-state index in [4.69, 9.17) is 15.5 Å². The minimum atomic E-state index is 0.0352. The van der Waals surface area contributed by atoms with Crippen LogP contribution in [0.2, 0.25) is 0 Å². The highest BCUT2D eigenvalue weighted by Gasteiger charge is 2.21. The van der Waals surface area contributed by atoms with Gasteiger partial charge in [0.05, 0.1) is 18.9 Å². The molecule has 0 aliphatic carbocycles.